The number of carbonyl (C=O) groups excluding carboxylic acids is 1. The van der Waals surface area contributed by atoms with Crippen molar-refractivity contribution in [3.05, 3.63) is 101 Å². The van der Waals surface area contributed by atoms with Gasteiger partial charge >= 0.3 is 5.97 Å². The molecule has 0 saturated heterocycles. The Morgan fingerprint density at radius 2 is 1.33 bits per heavy atom. The normalized spacial score (nSPS) is 10.6. The zero-order chi connectivity index (χ0) is 31.3. The van der Waals surface area contributed by atoms with Crippen LogP contribution in [-0.4, -0.2) is 43.9 Å². The zero-order valence-electron chi connectivity index (χ0n) is 23.2. The number of aromatic nitrogens is 4. The van der Waals surface area contributed by atoms with E-state index >= 15 is 0 Å². The maximum Gasteiger partial charge on any atom is 0.344 e. The number of hydrogen-bond acceptors (Lipinski definition) is 8. The van der Waals surface area contributed by atoms with Crippen molar-refractivity contribution in [1.29, 1.82) is 0 Å². The molecule has 1 N–H and O–H groups in total. The van der Waals surface area contributed by atoms with Gasteiger partial charge < -0.3 is 14.6 Å². The van der Waals surface area contributed by atoms with Crippen LogP contribution in [0, 0.1) is 39.3 Å². The van der Waals surface area contributed by atoms with Gasteiger partial charge in [0.1, 0.15) is 22.9 Å². The first-order valence-corrected chi connectivity index (χ1v) is 13.1. The number of benzene rings is 2. The largest absolute Gasteiger partial charge is 0.506 e. The molecular weight excluding hydrogens is 597 g/mol. The number of phenols is 1. The third-order valence-electron chi connectivity index (χ3n) is 6.07. The van der Waals surface area contributed by atoms with Gasteiger partial charge in [-0.05, 0) is 57.9 Å². The van der Waals surface area contributed by atoms with Crippen molar-refractivity contribution in [1.82, 2.24) is 19.6 Å². The van der Waals surface area contributed by atoms with Gasteiger partial charge in [-0.3, -0.25) is 9.59 Å². The Balaban J connectivity index is 0.000000240. The summed E-state index contributed by atoms with van der Waals surface area (Å²) in [6.07, 6.45) is 2.92. The molecule has 0 saturated carbocycles. The minimum atomic E-state index is -0.735. The highest BCUT2D eigenvalue weighted by Gasteiger charge is 2.17. The van der Waals surface area contributed by atoms with Crippen LogP contribution in [0.5, 0.6) is 11.5 Å². The Bertz CT molecular complexity index is 1780. The van der Waals surface area contributed by atoms with Crippen molar-refractivity contribution in [2.45, 2.75) is 34.6 Å². The van der Waals surface area contributed by atoms with E-state index in [2.05, 4.69) is 10.2 Å². The van der Waals surface area contributed by atoms with Gasteiger partial charge in [-0.15, -0.1) is 0 Å². The number of nitrogens with zero attached hydrogens (tertiary/aromatic N) is 4. The minimum absolute atomic E-state index is 0.0302. The Morgan fingerprint density at radius 3 is 1.83 bits per heavy atom. The molecule has 0 aliphatic rings. The molecule has 4 rings (SSSR count). The van der Waals surface area contributed by atoms with Crippen LogP contribution in [-0.2, 0) is 9.53 Å². The van der Waals surface area contributed by atoms with E-state index in [9.17, 15) is 28.3 Å². The van der Waals surface area contributed by atoms with Crippen molar-refractivity contribution in [3.63, 3.8) is 0 Å². The van der Waals surface area contributed by atoms with E-state index in [1.807, 2.05) is 0 Å². The Hall–Kier alpha value is -4.29. The fourth-order valence-corrected chi connectivity index (χ4v) is 3.76. The van der Waals surface area contributed by atoms with Gasteiger partial charge in [0.15, 0.2) is 18.2 Å². The van der Waals surface area contributed by atoms with Crippen LogP contribution in [0.4, 0.5) is 8.78 Å². The molecule has 0 amide bonds. The highest BCUT2D eigenvalue weighted by atomic mass is 35.5. The second kappa shape index (κ2) is 13.6. The van der Waals surface area contributed by atoms with E-state index in [0.717, 1.165) is 33.1 Å². The molecule has 0 bridgehead atoms. The van der Waals surface area contributed by atoms with E-state index in [1.54, 1.807) is 34.6 Å². The van der Waals surface area contributed by atoms with Gasteiger partial charge in [0, 0.05) is 23.3 Å². The van der Waals surface area contributed by atoms with Gasteiger partial charge in [0.25, 0.3) is 11.1 Å². The van der Waals surface area contributed by atoms with Crippen LogP contribution in [0.3, 0.4) is 0 Å². The summed E-state index contributed by atoms with van der Waals surface area (Å²) in [5.41, 5.74) is 1.20. The lowest BCUT2D eigenvalue weighted by Crippen LogP contribution is -2.25. The second-order valence-electron chi connectivity index (χ2n) is 8.92. The highest BCUT2D eigenvalue weighted by Crippen LogP contribution is 2.29. The summed E-state index contributed by atoms with van der Waals surface area (Å²) in [6, 6.07) is 4.23. The number of rotatable bonds is 6. The zero-order valence-corrected chi connectivity index (χ0v) is 24.7. The number of ether oxygens (including phenoxy) is 2. The molecule has 0 atom stereocenters. The number of esters is 1. The average molecular weight is 623 g/mol. The first-order valence-electron chi connectivity index (χ1n) is 12.3. The summed E-state index contributed by atoms with van der Waals surface area (Å²) in [7, 11) is 0. The first-order chi connectivity index (χ1) is 19.8. The maximum atomic E-state index is 14.2. The molecule has 2 aromatic carbocycles. The fourth-order valence-electron chi connectivity index (χ4n) is 3.40. The number of aryl methyl sites for hydroxylation is 2. The van der Waals surface area contributed by atoms with Crippen molar-refractivity contribution in [2.24, 2.45) is 0 Å². The first kappa shape index (κ1) is 32.2. The van der Waals surface area contributed by atoms with Crippen molar-refractivity contribution < 1.29 is 28.2 Å². The van der Waals surface area contributed by atoms with E-state index in [0.29, 0.717) is 16.7 Å². The Morgan fingerprint density at radius 1 is 0.857 bits per heavy atom. The molecule has 14 heteroatoms. The molecule has 10 nitrogen and oxygen atoms in total. The molecule has 0 spiro atoms. The Labute approximate surface area is 248 Å². The smallest absolute Gasteiger partial charge is 0.344 e. The van der Waals surface area contributed by atoms with Gasteiger partial charge in [0.05, 0.1) is 29.0 Å². The molecule has 2 aromatic heterocycles. The van der Waals surface area contributed by atoms with Crippen LogP contribution in [0.1, 0.15) is 29.2 Å². The number of phenolic OH excluding ortho intramolecular Hbond substituents is 1. The topological polar surface area (TPSA) is 126 Å². The fraction of sp³-hybridized carbons (Fsp3) is 0.250. The standard InChI is InChI=1S/C16H16ClFN2O4.C12H10ClFN2O2/c1-4-23-15(21)8-24-14-6-13(12(18)5-11(14)17)20-16(22)10(3)9(2)7-19-20;1-6-5-15-16(12(18)7(6)2)10-4-11(17)8(13)3-9(10)14/h5-7H,4,8H2,1-3H3;3-5,17H,1-2H3. The predicted octanol–water partition coefficient (Wildman–Crippen LogP) is 4.93. The molecule has 4 aromatic rings. The minimum Gasteiger partial charge on any atom is -0.506 e. The van der Waals surface area contributed by atoms with Crippen molar-refractivity contribution >= 4 is 29.2 Å². The monoisotopic (exact) mass is 622 g/mol. The third kappa shape index (κ3) is 7.12. The highest BCUT2D eigenvalue weighted by molar-refractivity contribution is 6.32. The summed E-state index contributed by atoms with van der Waals surface area (Å²) in [6.45, 7) is 8.23. The lowest BCUT2D eigenvalue weighted by Gasteiger charge is -2.12. The summed E-state index contributed by atoms with van der Waals surface area (Å²) >= 11 is 11.5. The van der Waals surface area contributed by atoms with Crippen LogP contribution in [0.15, 0.2) is 46.2 Å². The molecular formula is C28H26Cl2F2N4O6. The van der Waals surface area contributed by atoms with Gasteiger partial charge in [0.2, 0.25) is 0 Å². The van der Waals surface area contributed by atoms with Gasteiger partial charge in [-0.1, -0.05) is 23.2 Å². The van der Waals surface area contributed by atoms with E-state index in [4.69, 9.17) is 32.7 Å². The van der Waals surface area contributed by atoms with Crippen LogP contribution in [0.2, 0.25) is 10.0 Å². The van der Waals surface area contributed by atoms with Crippen molar-refractivity contribution in [2.75, 3.05) is 13.2 Å². The van der Waals surface area contributed by atoms with Crippen molar-refractivity contribution in [3.8, 4) is 22.9 Å². The van der Waals surface area contributed by atoms with Crippen LogP contribution in [0.25, 0.3) is 11.4 Å². The molecule has 222 valence electrons. The van der Waals surface area contributed by atoms with Crippen LogP contribution < -0.4 is 15.9 Å². The predicted molar refractivity (Wildman–Crippen MR) is 152 cm³/mol. The lowest BCUT2D eigenvalue weighted by molar-refractivity contribution is -0.145. The number of halogens is 4. The summed E-state index contributed by atoms with van der Waals surface area (Å²) in [5.74, 6) is -2.30. The van der Waals surface area contributed by atoms with E-state index < -0.39 is 28.7 Å². The molecule has 42 heavy (non-hydrogen) atoms. The van der Waals surface area contributed by atoms with Gasteiger partial charge in [-0.2, -0.15) is 19.6 Å². The van der Waals surface area contributed by atoms with Crippen LogP contribution >= 0.6 is 23.2 Å². The quantitative estimate of drug-likeness (QED) is 0.300. The molecule has 0 aliphatic heterocycles. The van der Waals surface area contributed by atoms with Gasteiger partial charge in [-0.25, -0.2) is 13.6 Å². The summed E-state index contributed by atoms with van der Waals surface area (Å²) < 4.78 is 39.8. The summed E-state index contributed by atoms with van der Waals surface area (Å²) in [5, 5.41) is 17.1. The number of hydrogen-bond donors (Lipinski definition) is 1. The van der Waals surface area contributed by atoms with E-state index in [1.165, 1.54) is 18.5 Å². The van der Waals surface area contributed by atoms with E-state index in [-0.39, 0.29) is 46.1 Å². The average Bonchev–Trinajstić information content (AvgIpc) is 2.93. The SMILES string of the molecule is CCOC(=O)COc1cc(-n2ncc(C)c(C)c2=O)c(F)cc1Cl.Cc1cnn(-c2cc(O)c(Cl)cc2F)c(=O)c1C. The lowest BCUT2D eigenvalue weighted by atomic mass is 10.2. The molecule has 0 fully saturated rings. The molecule has 0 radical (unpaired) electrons. The summed E-state index contributed by atoms with van der Waals surface area (Å²) in [4.78, 5) is 35.6. The molecule has 2 heterocycles. The maximum absolute atomic E-state index is 14.2. The second-order valence-corrected chi connectivity index (χ2v) is 9.74. The number of aromatic hydroxyl groups is 1. The number of carbonyl (C=O) groups is 1. The Kier molecular flexibility index (Phi) is 10.4. The molecule has 0 unspecified atom stereocenters. The third-order valence-corrected chi connectivity index (χ3v) is 6.67. The molecule has 0 aliphatic carbocycles.